The van der Waals surface area contributed by atoms with Crippen molar-refractivity contribution in [2.45, 2.75) is 20.8 Å². The summed E-state index contributed by atoms with van der Waals surface area (Å²) in [7, 11) is 1.60. The minimum Gasteiger partial charge on any atom is -0.496 e. The predicted octanol–water partition coefficient (Wildman–Crippen LogP) is 3.97. The molecule has 1 amide bonds. The van der Waals surface area contributed by atoms with Gasteiger partial charge in [-0.1, -0.05) is 24.3 Å². The van der Waals surface area contributed by atoms with Crippen LogP contribution in [0.2, 0.25) is 0 Å². The number of nitrogens with zero attached hydrogens (tertiary/aromatic N) is 1. The van der Waals surface area contributed by atoms with E-state index >= 15 is 0 Å². The zero-order chi connectivity index (χ0) is 17.7. The average Bonchev–Trinajstić information content (AvgIpc) is 2.63. The number of ether oxygens (including phenoxy) is 1. The molecule has 0 radical (unpaired) electrons. The van der Waals surface area contributed by atoms with Crippen molar-refractivity contribution in [3.8, 4) is 16.9 Å². The smallest absolute Gasteiger partial charge is 0.254 e. The first-order valence-electron chi connectivity index (χ1n) is 8.09. The highest BCUT2D eigenvalue weighted by molar-refractivity contribution is 5.98. The molecule has 2 aromatic rings. The van der Waals surface area contributed by atoms with Crippen molar-refractivity contribution in [2.75, 3.05) is 20.2 Å². The van der Waals surface area contributed by atoms with Gasteiger partial charge in [-0.05, 0) is 44.0 Å². The van der Waals surface area contributed by atoms with Crippen LogP contribution in [-0.2, 0) is 0 Å². The van der Waals surface area contributed by atoms with Gasteiger partial charge in [-0.15, -0.1) is 0 Å². The van der Waals surface area contributed by atoms with Crippen LogP contribution in [0.15, 0.2) is 36.4 Å². The number of rotatable bonds is 6. The summed E-state index contributed by atoms with van der Waals surface area (Å²) in [5.74, 6) is 0.685. The zero-order valence-electron chi connectivity index (χ0n) is 14.6. The molecule has 0 bridgehead atoms. The maximum absolute atomic E-state index is 12.8. The van der Waals surface area contributed by atoms with Crippen LogP contribution in [0.1, 0.15) is 40.1 Å². The first kappa shape index (κ1) is 17.7. The Morgan fingerprint density at radius 2 is 1.71 bits per heavy atom. The largest absolute Gasteiger partial charge is 0.496 e. The molecule has 0 aliphatic rings. The Kier molecular flexibility index (Phi) is 5.74. The maximum atomic E-state index is 12.8. The topological polar surface area (TPSA) is 46.6 Å². The number of carbonyl (C=O) groups excluding carboxylic acids is 2. The fraction of sp³-hybridized carbons (Fsp3) is 0.300. The van der Waals surface area contributed by atoms with Gasteiger partial charge in [-0.2, -0.15) is 0 Å². The van der Waals surface area contributed by atoms with E-state index in [1.54, 1.807) is 24.1 Å². The summed E-state index contributed by atoms with van der Waals surface area (Å²) in [4.78, 5) is 25.4. The number of aldehydes is 1. The van der Waals surface area contributed by atoms with Crippen LogP contribution in [0.4, 0.5) is 0 Å². The SMILES string of the molecule is CCN(CC)C(=O)c1cc(-c2ccc(C=O)cc2)cc(OC)c1C. The van der Waals surface area contributed by atoms with E-state index in [0.717, 1.165) is 23.0 Å². The van der Waals surface area contributed by atoms with Gasteiger partial charge in [0, 0.05) is 29.8 Å². The highest BCUT2D eigenvalue weighted by Gasteiger charge is 2.19. The molecule has 0 fully saturated rings. The molecule has 4 nitrogen and oxygen atoms in total. The van der Waals surface area contributed by atoms with Gasteiger partial charge < -0.3 is 9.64 Å². The van der Waals surface area contributed by atoms with Gasteiger partial charge in [0.2, 0.25) is 0 Å². The van der Waals surface area contributed by atoms with Gasteiger partial charge >= 0.3 is 0 Å². The summed E-state index contributed by atoms with van der Waals surface area (Å²) < 4.78 is 5.46. The molecule has 0 aliphatic carbocycles. The lowest BCUT2D eigenvalue weighted by Crippen LogP contribution is -2.31. The predicted molar refractivity (Wildman–Crippen MR) is 95.8 cm³/mol. The Morgan fingerprint density at radius 3 is 2.21 bits per heavy atom. The first-order valence-corrected chi connectivity index (χ1v) is 8.09. The Hall–Kier alpha value is -2.62. The lowest BCUT2D eigenvalue weighted by molar-refractivity contribution is 0.0771. The van der Waals surface area contributed by atoms with Crippen molar-refractivity contribution in [1.29, 1.82) is 0 Å². The molecule has 0 N–H and O–H groups in total. The van der Waals surface area contributed by atoms with Crippen LogP contribution in [0, 0.1) is 6.92 Å². The van der Waals surface area contributed by atoms with Gasteiger partial charge in [0.1, 0.15) is 12.0 Å². The van der Waals surface area contributed by atoms with Crippen LogP contribution in [-0.4, -0.2) is 37.3 Å². The summed E-state index contributed by atoms with van der Waals surface area (Å²) in [6.45, 7) is 7.16. The van der Waals surface area contributed by atoms with Crippen LogP contribution in [0.25, 0.3) is 11.1 Å². The van der Waals surface area contributed by atoms with Gasteiger partial charge in [0.05, 0.1) is 7.11 Å². The molecule has 0 spiro atoms. The molecule has 4 heteroatoms. The van der Waals surface area contributed by atoms with Crippen molar-refractivity contribution in [3.63, 3.8) is 0 Å². The van der Waals surface area contributed by atoms with Gasteiger partial charge in [-0.25, -0.2) is 0 Å². The first-order chi connectivity index (χ1) is 11.5. The highest BCUT2D eigenvalue weighted by atomic mass is 16.5. The number of hydrogen-bond donors (Lipinski definition) is 0. The minimum absolute atomic E-state index is 0.00200. The van der Waals surface area contributed by atoms with Gasteiger partial charge in [0.25, 0.3) is 5.91 Å². The Labute approximate surface area is 143 Å². The summed E-state index contributed by atoms with van der Waals surface area (Å²) in [5.41, 5.74) is 3.94. The van der Waals surface area contributed by atoms with E-state index in [1.807, 2.05) is 45.0 Å². The summed E-state index contributed by atoms with van der Waals surface area (Å²) in [6.07, 6.45) is 0.814. The Morgan fingerprint density at radius 1 is 1.08 bits per heavy atom. The van der Waals surface area contributed by atoms with Crippen LogP contribution in [0.3, 0.4) is 0 Å². The molecule has 0 unspecified atom stereocenters. The lowest BCUT2D eigenvalue weighted by Gasteiger charge is -2.21. The Balaban J connectivity index is 2.55. The number of hydrogen-bond acceptors (Lipinski definition) is 3. The molecule has 24 heavy (non-hydrogen) atoms. The third-order valence-corrected chi connectivity index (χ3v) is 4.24. The Bertz CT molecular complexity index is 731. The van der Waals surface area contributed by atoms with Crippen molar-refractivity contribution < 1.29 is 14.3 Å². The lowest BCUT2D eigenvalue weighted by atomic mass is 9.97. The summed E-state index contributed by atoms with van der Waals surface area (Å²) in [5, 5.41) is 0. The van der Waals surface area contributed by atoms with E-state index in [2.05, 4.69) is 0 Å². The molecule has 0 saturated heterocycles. The second kappa shape index (κ2) is 7.77. The second-order valence-electron chi connectivity index (χ2n) is 5.57. The van der Waals surface area contributed by atoms with E-state index in [-0.39, 0.29) is 5.91 Å². The number of benzene rings is 2. The van der Waals surface area contributed by atoms with E-state index < -0.39 is 0 Å². The van der Waals surface area contributed by atoms with Gasteiger partial charge in [-0.3, -0.25) is 9.59 Å². The van der Waals surface area contributed by atoms with E-state index in [0.29, 0.717) is 30.0 Å². The molecule has 2 rings (SSSR count). The normalized spacial score (nSPS) is 10.3. The fourth-order valence-electron chi connectivity index (χ4n) is 2.72. The fourth-order valence-corrected chi connectivity index (χ4v) is 2.72. The average molecular weight is 325 g/mol. The van der Waals surface area contributed by atoms with E-state index in [1.165, 1.54) is 0 Å². The van der Waals surface area contributed by atoms with Crippen LogP contribution >= 0.6 is 0 Å². The van der Waals surface area contributed by atoms with Crippen molar-refractivity contribution in [1.82, 2.24) is 4.90 Å². The monoisotopic (exact) mass is 325 g/mol. The maximum Gasteiger partial charge on any atom is 0.254 e. The molecular weight excluding hydrogens is 302 g/mol. The van der Waals surface area contributed by atoms with Crippen molar-refractivity contribution in [2.24, 2.45) is 0 Å². The number of amides is 1. The number of carbonyl (C=O) groups is 2. The van der Waals surface area contributed by atoms with E-state index in [9.17, 15) is 9.59 Å². The van der Waals surface area contributed by atoms with Crippen molar-refractivity contribution in [3.05, 3.63) is 53.1 Å². The third kappa shape index (κ3) is 3.48. The third-order valence-electron chi connectivity index (χ3n) is 4.24. The minimum atomic E-state index is 0.00200. The number of methoxy groups -OCH3 is 1. The molecular formula is C20H23NO3. The summed E-state index contributed by atoms with van der Waals surface area (Å²) in [6, 6.07) is 11.1. The van der Waals surface area contributed by atoms with Crippen molar-refractivity contribution >= 4 is 12.2 Å². The zero-order valence-corrected chi connectivity index (χ0v) is 14.6. The molecule has 0 aliphatic heterocycles. The highest BCUT2D eigenvalue weighted by Crippen LogP contribution is 2.31. The van der Waals surface area contributed by atoms with Crippen LogP contribution < -0.4 is 4.74 Å². The van der Waals surface area contributed by atoms with Gasteiger partial charge in [0.15, 0.2) is 0 Å². The molecule has 0 heterocycles. The molecule has 0 saturated carbocycles. The molecule has 126 valence electrons. The second-order valence-corrected chi connectivity index (χ2v) is 5.57. The molecule has 0 atom stereocenters. The summed E-state index contributed by atoms with van der Waals surface area (Å²) >= 11 is 0. The van der Waals surface area contributed by atoms with Crippen LogP contribution in [0.5, 0.6) is 5.75 Å². The molecule has 2 aromatic carbocycles. The standard InChI is InChI=1S/C20H23NO3/c1-5-21(6-2)20(23)18-11-17(12-19(24-4)14(18)3)16-9-7-15(13-22)8-10-16/h7-13H,5-6H2,1-4H3. The molecule has 0 aromatic heterocycles. The quantitative estimate of drug-likeness (QED) is 0.755. The van der Waals surface area contributed by atoms with E-state index in [4.69, 9.17) is 4.74 Å².